The molecule has 1 N–H and O–H groups in total. The first-order valence-corrected chi connectivity index (χ1v) is 8.46. The maximum Gasteiger partial charge on any atom is 0.137 e. The average Bonchev–Trinajstić information content (AvgIpc) is 3.13. The molecule has 0 unspecified atom stereocenters. The molecule has 2 aromatic heterocycles. The number of aromatic nitrogens is 3. The van der Waals surface area contributed by atoms with Crippen LogP contribution in [0.2, 0.25) is 0 Å². The summed E-state index contributed by atoms with van der Waals surface area (Å²) in [4.78, 5) is 12.7. The van der Waals surface area contributed by atoms with Gasteiger partial charge in [-0.25, -0.2) is 19.3 Å². The van der Waals surface area contributed by atoms with Gasteiger partial charge in [-0.1, -0.05) is 13.8 Å². The fourth-order valence-corrected chi connectivity index (χ4v) is 2.93. The molecule has 0 atom stereocenters. The largest absolute Gasteiger partial charge is 0.493 e. The second-order valence-electron chi connectivity index (χ2n) is 5.53. The van der Waals surface area contributed by atoms with Gasteiger partial charge in [0.25, 0.3) is 0 Å². The Hall–Kier alpha value is -2.76. The summed E-state index contributed by atoms with van der Waals surface area (Å²) < 4.78 is 19.7. The molecule has 0 bridgehead atoms. The Bertz CT molecular complexity index is 898. The maximum absolute atomic E-state index is 14.2. The minimum Gasteiger partial charge on any atom is -0.493 e. The number of hydrogen-bond donors (Lipinski definition) is 1. The highest BCUT2D eigenvalue weighted by Crippen LogP contribution is 2.31. The number of nitrogens with zero attached hydrogens (tertiary/aromatic N) is 3. The van der Waals surface area contributed by atoms with E-state index in [-0.39, 0.29) is 5.82 Å². The van der Waals surface area contributed by atoms with Crippen LogP contribution in [0.15, 0.2) is 30.9 Å². The number of anilines is 1. The van der Waals surface area contributed by atoms with Crippen LogP contribution in [0.4, 0.5) is 10.2 Å². The molecule has 1 aliphatic heterocycles. The first-order chi connectivity index (χ1) is 12.2. The van der Waals surface area contributed by atoms with Crippen LogP contribution >= 0.6 is 0 Å². The summed E-state index contributed by atoms with van der Waals surface area (Å²) >= 11 is 0. The van der Waals surface area contributed by atoms with Crippen molar-refractivity contribution in [1.82, 2.24) is 15.0 Å². The number of pyridine rings is 1. The predicted molar refractivity (Wildman–Crippen MR) is 96.3 cm³/mol. The third kappa shape index (κ3) is 3.24. The van der Waals surface area contributed by atoms with E-state index in [2.05, 4.69) is 20.3 Å². The smallest absolute Gasteiger partial charge is 0.137 e. The van der Waals surface area contributed by atoms with Crippen molar-refractivity contribution >= 4 is 16.7 Å². The molecule has 3 aromatic rings. The summed E-state index contributed by atoms with van der Waals surface area (Å²) in [5.41, 5.74) is 3.39. The Morgan fingerprint density at radius 3 is 2.88 bits per heavy atom. The normalized spacial score (nSPS) is 12.2. The average molecular weight is 340 g/mol. The Labute approximate surface area is 146 Å². The zero-order valence-electron chi connectivity index (χ0n) is 14.6. The summed E-state index contributed by atoms with van der Waals surface area (Å²) in [5.74, 6) is 1.20. The number of nitrogens with one attached hydrogen (secondary N) is 1. The maximum atomic E-state index is 14.2. The predicted octanol–water partition coefficient (Wildman–Crippen LogP) is 4.05. The van der Waals surface area contributed by atoms with E-state index in [9.17, 15) is 4.39 Å². The summed E-state index contributed by atoms with van der Waals surface area (Å²) in [6.45, 7) is 6.90. The third-order valence-electron chi connectivity index (χ3n) is 4.10. The molecule has 5 nitrogen and oxygen atoms in total. The summed E-state index contributed by atoms with van der Waals surface area (Å²) in [5, 5.41) is 4.05. The van der Waals surface area contributed by atoms with Gasteiger partial charge in [-0.3, -0.25) is 0 Å². The van der Waals surface area contributed by atoms with Crippen molar-refractivity contribution in [2.45, 2.75) is 33.7 Å². The van der Waals surface area contributed by atoms with Crippen LogP contribution in [-0.2, 0) is 13.0 Å². The Balaban J connectivity index is 0.000000880. The Morgan fingerprint density at radius 2 is 2.04 bits per heavy atom. The zero-order valence-corrected chi connectivity index (χ0v) is 14.6. The molecular formula is C19H21FN4O. The van der Waals surface area contributed by atoms with Crippen molar-refractivity contribution in [2.24, 2.45) is 0 Å². The molecule has 3 heterocycles. The van der Waals surface area contributed by atoms with Crippen molar-refractivity contribution in [3.05, 3.63) is 53.4 Å². The van der Waals surface area contributed by atoms with Gasteiger partial charge in [0.2, 0.25) is 0 Å². The van der Waals surface area contributed by atoms with Gasteiger partial charge in [-0.15, -0.1) is 0 Å². The molecule has 0 saturated heterocycles. The van der Waals surface area contributed by atoms with Crippen LogP contribution < -0.4 is 10.1 Å². The standard InChI is InChI=1S/C17H15FN4O.C2H6/c1-10-6-20-17(13-7-19-9-22-16(10)13)21-8-12-11-4-5-23-15(11)3-2-14(12)18;1-2/h2-3,6-7,9H,4-5,8H2,1H3,(H,20,21);1-2H3. The van der Waals surface area contributed by atoms with Crippen molar-refractivity contribution in [2.75, 3.05) is 11.9 Å². The molecule has 0 fully saturated rings. The van der Waals surface area contributed by atoms with Gasteiger partial charge in [0.05, 0.1) is 17.5 Å². The van der Waals surface area contributed by atoms with Crippen LogP contribution in [0.3, 0.4) is 0 Å². The minimum atomic E-state index is -0.227. The Kier molecular flexibility index (Phi) is 5.07. The van der Waals surface area contributed by atoms with Crippen LogP contribution in [0.1, 0.15) is 30.5 Å². The summed E-state index contributed by atoms with van der Waals surface area (Å²) in [6.07, 6.45) is 5.72. The van der Waals surface area contributed by atoms with Crippen molar-refractivity contribution < 1.29 is 9.13 Å². The van der Waals surface area contributed by atoms with E-state index in [0.29, 0.717) is 24.5 Å². The van der Waals surface area contributed by atoms with Crippen LogP contribution in [0.5, 0.6) is 5.75 Å². The van der Waals surface area contributed by atoms with Crippen molar-refractivity contribution in [1.29, 1.82) is 0 Å². The first-order valence-electron chi connectivity index (χ1n) is 8.46. The van der Waals surface area contributed by atoms with Gasteiger partial charge >= 0.3 is 0 Å². The van der Waals surface area contributed by atoms with E-state index in [1.807, 2.05) is 20.8 Å². The number of rotatable bonds is 3. The molecule has 0 radical (unpaired) electrons. The highest BCUT2D eigenvalue weighted by atomic mass is 19.1. The number of halogens is 1. The SMILES string of the molecule is CC.Cc1cnc(NCc2c(F)ccc3c2CCO3)c2cncnc12. The van der Waals surface area contributed by atoms with E-state index in [0.717, 1.165) is 34.2 Å². The van der Waals surface area contributed by atoms with Crippen molar-refractivity contribution in [3.8, 4) is 5.75 Å². The van der Waals surface area contributed by atoms with Gasteiger partial charge in [-0.05, 0) is 24.6 Å². The lowest BCUT2D eigenvalue weighted by Gasteiger charge is -2.12. The topological polar surface area (TPSA) is 59.9 Å². The molecular weight excluding hydrogens is 319 g/mol. The fraction of sp³-hybridized carbons (Fsp3) is 0.316. The molecule has 25 heavy (non-hydrogen) atoms. The van der Waals surface area contributed by atoms with E-state index >= 15 is 0 Å². The third-order valence-corrected chi connectivity index (χ3v) is 4.10. The summed E-state index contributed by atoms with van der Waals surface area (Å²) in [6, 6.07) is 3.14. The van der Waals surface area contributed by atoms with Gasteiger partial charge in [0.1, 0.15) is 23.7 Å². The quantitative estimate of drug-likeness (QED) is 0.779. The number of fused-ring (bicyclic) bond motifs is 2. The van der Waals surface area contributed by atoms with Crippen molar-refractivity contribution in [3.63, 3.8) is 0 Å². The van der Waals surface area contributed by atoms with Gasteiger partial charge in [-0.2, -0.15) is 0 Å². The van der Waals surface area contributed by atoms with Gasteiger partial charge in [0, 0.05) is 36.5 Å². The minimum absolute atomic E-state index is 0.227. The number of benzene rings is 1. The first kappa shape index (κ1) is 17.1. The lowest BCUT2D eigenvalue weighted by molar-refractivity contribution is 0.356. The molecule has 0 spiro atoms. The van der Waals surface area contributed by atoms with E-state index in [4.69, 9.17) is 4.74 Å². The molecule has 1 aromatic carbocycles. The molecule has 130 valence electrons. The van der Waals surface area contributed by atoms with Gasteiger partial charge < -0.3 is 10.1 Å². The monoisotopic (exact) mass is 340 g/mol. The number of ether oxygens (including phenoxy) is 1. The molecule has 6 heteroatoms. The summed E-state index contributed by atoms with van der Waals surface area (Å²) in [7, 11) is 0. The Morgan fingerprint density at radius 1 is 1.20 bits per heavy atom. The van der Waals surface area contributed by atoms with Crippen LogP contribution in [-0.4, -0.2) is 21.6 Å². The fourth-order valence-electron chi connectivity index (χ4n) is 2.93. The number of aryl methyl sites for hydroxylation is 1. The molecule has 4 rings (SSSR count). The van der Waals surface area contributed by atoms with Gasteiger partial charge in [0.15, 0.2) is 0 Å². The second kappa shape index (κ2) is 7.42. The van der Waals surface area contributed by atoms with E-state index in [1.54, 1.807) is 18.5 Å². The molecule has 0 aliphatic carbocycles. The highest BCUT2D eigenvalue weighted by Gasteiger charge is 2.19. The highest BCUT2D eigenvalue weighted by molar-refractivity contribution is 5.90. The van der Waals surface area contributed by atoms with E-state index < -0.39 is 0 Å². The number of hydrogen-bond acceptors (Lipinski definition) is 5. The van der Waals surface area contributed by atoms with Crippen LogP contribution in [0.25, 0.3) is 10.9 Å². The lowest BCUT2D eigenvalue weighted by atomic mass is 10.0. The second-order valence-corrected chi connectivity index (χ2v) is 5.53. The molecule has 1 aliphatic rings. The zero-order chi connectivity index (χ0) is 17.8. The molecule has 0 amide bonds. The van der Waals surface area contributed by atoms with Crippen LogP contribution in [0, 0.1) is 12.7 Å². The van der Waals surface area contributed by atoms with E-state index in [1.165, 1.54) is 12.4 Å². The lowest BCUT2D eigenvalue weighted by Crippen LogP contribution is -2.07. The molecule has 0 saturated carbocycles.